The highest BCUT2D eigenvalue weighted by molar-refractivity contribution is 5.72. The first-order valence-corrected chi connectivity index (χ1v) is 3.86. The van der Waals surface area contributed by atoms with E-state index >= 15 is 0 Å². The molecule has 0 aromatic heterocycles. The van der Waals surface area contributed by atoms with Crippen molar-refractivity contribution < 1.29 is 15.0 Å². The largest absolute Gasteiger partial charge is 0.479 e. The highest BCUT2D eigenvalue weighted by atomic mass is 16.4. The second kappa shape index (κ2) is 3.69. The highest BCUT2D eigenvalue weighted by Gasteiger charge is 2.26. The Hall–Kier alpha value is -0.610. The van der Waals surface area contributed by atoms with E-state index in [2.05, 4.69) is 5.32 Å². The van der Waals surface area contributed by atoms with E-state index in [0.29, 0.717) is 0 Å². The Balaban J connectivity index is 2.38. The van der Waals surface area contributed by atoms with E-state index in [1.165, 1.54) is 0 Å². The summed E-state index contributed by atoms with van der Waals surface area (Å²) in [6, 6.07) is -0.249. The first kappa shape index (κ1) is 8.49. The summed E-state index contributed by atoms with van der Waals surface area (Å²) in [6.45, 7) is 0.814. The van der Waals surface area contributed by atoms with Crippen molar-refractivity contribution in [2.45, 2.75) is 31.4 Å². The average Bonchev–Trinajstić information content (AvgIpc) is 2.05. The molecule has 0 saturated carbocycles. The lowest BCUT2D eigenvalue weighted by atomic mass is 10.0. The quantitative estimate of drug-likeness (QED) is 0.511. The Morgan fingerprint density at radius 2 is 2.27 bits per heavy atom. The molecule has 1 aliphatic rings. The molecule has 0 amide bonds. The van der Waals surface area contributed by atoms with Crippen molar-refractivity contribution in [3.05, 3.63) is 0 Å². The van der Waals surface area contributed by atoms with Crippen molar-refractivity contribution >= 4 is 5.97 Å². The molecule has 0 bridgehead atoms. The van der Waals surface area contributed by atoms with Crippen molar-refractivity contribution in [3.8, 4) is 0 Å². The van der Waals surface area contributed by atoms with Gasteiger partial charge in [-0.3, -0.25) is 0 Å². The molecule has 0 aliphatic carbocycles. The second-order valence-electron chi connectivity index (χ2n) is 2.84. The van der Waals surface area contributed by atoms with E-state index < -0.39 is 12.1 Å². The van der Waals surface area contributed by atoms with Crippen LogP contribution in [0.1, 0.15) is 19.3 Å². The fourth-order valence-corrected chi connectivity index (χ4v) is 1.32. The molecule has 2 atom stereocenters. The number of hydrogen-bond donors (Lipinski definition) is 3. The summed E-state index contributed by atoms with van der Waals surface area (Å²) in [7, 11) is 0. The van der Waals surface area contributed by atoms with Gasteiger partial charge in [0.2, 0.25) is 0 Å². The number of rotatable bonds is 2. The van der Waals surface area contributed by atoms with Crippen LogP contribution >= 0.6 is 0 Å². The molecule has 1 aliphatic heterocycles. The van der Waals surface area contributed by atoms with Crippen molar-refractivity contribution in [1.29, 1.82) is 0 Å². The SMILES string of the molecule is O=C(O)C(O)C1CCCCN1. The third kappa shape index (κ3) is 2.17. The van der Waals surface area contributed by atoms with Crippen molar-refractivity contribution in [3.63, 3.8) is 0 Å². The standard InChI is InChI=1S/C7H13NO3/c9-6(7(10)11)5-3-1-2-4-8-5/h5-6,8-9H,1-4H2,(H,10,11). The Labute approximate surface area is 65.2 Å². The fraction of sp³-hybridized carbons (Fsp3) is 0.857. The molecule has 0 radical (unpaired) electrons. The van der Waals surface area contributed by atoms with Gasteiger partial charge in [0, 0.05) is 6.04 Å². The summed E-state index contributed by atoms with van der Waals surface area (Å²) in [5.41, 5.74) is 0. The number of piperidine rings is 1. The minimum Gasteiger partial charge on any atom is -0.479 e. The molecule has 2 unspecified atom stereocenters. The maximum absolute atomic E-state index is 10.3. The van der Waals surface area contributed by atoms with E-state index in [-0.39, 0.29) is 6.04 Å². The zero-order valence-electron chi connectivity index (χ0n) is 6.29. The summed E-state index contributed by atoms with van der Waals surface area (Å²) >= 11 is 0. The van der Waals surface area contributed by atoms with Crippen LogP contribution in [0.5, 0.6) is 0 Å². The summed E-state index contributed by atoms with van der Waals surface area (Å²) < 4.78 is 0. The summed E-state index contributed by atoms with van der Waals surface area (Å²) in [5.74, 6) is -1.13. The minimum absolute atomic E-state index is 0.249. The molecular formula is C7H13NO3. The van der Waals surface area contributed by atoms with Crippen LogP contribution in [0.3, 0.4) is 0 Å². The smallest absolute Gasteiger partial charge is 0.334 e. The van der Waals surface area contributed by atoms with Crippen LogP contribution in [0, 0.1) is 0 Å². The number of carbonyl (C=O) groups is 1. The molecule has 3 N–H and O–H groups in total. The van der Waals surface area contributed by atoms with Gasteiger partial charge in [-0.05, 0) is 19.4 Å². The van der Waals surface area contributed by atoms with Crippen LogP contribution in [0.4, 0.5) is 0 Å². The molecule has 1 rings (SSSR count). The average molecular weight is 159 g/mol. The molecular weight excluding hydrogens is 146 g/mol. The number of nitrogens with one attached hydrogen (secondary N) is 1. The molecule has 64 valence electrons. The maximum atomic E-state index is 10.3. The zero-order valence-corrected chi connectivity index (χ0v) is 6.29. The number of carboxylic acid groups (broad SMARTS) is 1. The lowest BCUT2D eigenvalue weighted by molar-refractivity contribution is -0.148. The van der Waals surface area contributed by atoms with Gasteiger partial charge in [-0.1, -0.05) is 6.42 Å². The molecule has 1 saturated heterocycles. The number of carboxylic acids is 1. The van der Waals surface area contributed by atoms with Gasteiger partial charge in [-0.25, -0.2) is 4.79 Å². The van der Waals surface area contributed by atoms with E-state index in [0.717, 1.165) is 25.8 Å². The number of aliphatic carboxylic acids is 1. The molecule has 1 heterocycles. The second-order valence-corrected chi connectivity index (χ2v) is 2.84. The first-order valence-electron chi connectivity index (χ1n) is 3.86. The lowest BCUT2D eigenvalue weighted by Gasteiger charge is -2.25. The molecule has 0 aromatic carbocycles. The van der Waals surface area contributed by atoms with Crippen molar-refractivity contribution in [1.82, 2.24) is 5.32 Å². The number of hydrogen-bond acceptors (Lipinski definition) is 3. The normalized spacial score (nSPS) is 27.9. The van der Waals surface area contributed by atoms with Crippen LogP contribution in [0.2, 0.25) is 0 Å². The molecule has 4 nitrogen and oxygen atoms in total. The van der Waals surface area contributed by atoms with Crippen LogP contribution in [0.15, 0.2) is 0 Å². The third-order valence-electron chi connectivity index (χ3n) is 1.98. The number of aliphatic hydroxyl groups excluding tert-OH is 1. The van der Waals surface area contributed by atoms with Crippen LogP contribution in [0.25, 0.3) is 0 Å². The van der Waals surface area contributed by atoms with Gasteiger partial charge in [0.05, 0.1) is 0 Å². The van der Waals surface area contributed by atoms with Gasteiger partial charge >= 0.3 is 5.97 Å². The lowest BCUT2D eigenvalue weighted by Crippen LogP contribution is -2.46. The number of aliphatic hydroxyl groups is 1. The Morgan fingerprint density at radius 1 is 1.55 bits per heavy atom. The molecule has 0 aromatic rings. The Morgan fingerprint density at radius 3 is 2.73 bits per heavy atom. The minimum atomic E-state index is -1.24. The molecule has 0 spiro atoms. The van der Waals surface area contributed by atoms with Crippen LogP contribution in [-0.2, 0) is 4.79 Å². The topological polar surface area (TPSA) is 69.6 Å². The van der Waals surface area contributed by atoms with Crippen molar-refractivity contribution in [2.24, 2.45) is 0 Å². The van der Waals surface area contributed by atoms with E-state index in [4.69, 9.17) is 10.2 Å². The molecule has 1 fully saturated rings. The van der Waals surface area contributed by atoms with Crippen LogP contribution < -0.4 is 5.32 Å². The predicted octanol–water partition coefficient (Wildman–Crippen LogP) is -0.426. The fourth-order valence-electron chi connectivity index (χ4n) is 1.32. The Kier molecular flexibility index (Phi) is 2.84. The van der Waals surface area contributed by atoms with Gasteiger partial charge in [0.15, 0.2) is 6.10 Å². The maximum Gasteiger partial charge on any atom is 0.334 e. The Bertz CT molecular complexity index is 143. The van der Waals surface area contributed by atoms with Crippen LogP contribution in [-0.4, -0.2) is 34.9 Å². The van der Waals surface area contributed by atoms with Gasteiger partial charge in [-0.15, -0.1) is 0 Å². The zero-order chi connectivity index (χ0) is 8.27. The predicted molar refractivity (Wildman–Crippen MR) is 39.3 cm³/mol. The summed E-state index contributed by atoms with van der Waals surface area (Å²) in [5, 5.41) is 20.5. The van der Waals surface area contributed by atoms with E-state index in [1.54, 1.807) is 0 Å². The van der Waals surface area contributed by atoms with Gasteiger partial charge in [-0.2, -0.15) is 0 Å². The summed E-state index contributed by atoms with van der Waals surface area (Å²) in [6.07, 6.45) is 1.59. The van der Waals surface area contributed by atoms with Gasteiger partial charge in [0.1, 0.15) is 0 Å². The summed E-state index contributed by atoms with van der Waals surface area (Å²) in [4.78, 5) is 10.3. The third-order valence-corrected chi connectivity index (χ3v) is 1.98. The highest BCUT2D eigenvalue weighted by Crippen LogP contribution is 2.10. The molecule has 11 heavy (non-hydrogen) atoms. The van der Waals surface area contributed by atoms with Crippen molar-refractivity contribution in [2.75, 3.05) is 6.54 Å². The first-order chi connectivity index (χ1) is 5.22. The van der Waals surface area contributed by atoms with E-state index in [1.807, 2.05) is 0 Å². The molecule has 4 heteroatoms. The van der Waals surface area contributed by atoms with Gasteiger partial charge in [0.25, 0.3) is 0 Å². The monoisotopic (exact) mass is 159 g/mol. The van der Waals surface area contributed by atoms with E-state index in [9.17, 15) is 4.79 Å². The van der Waals surface area contributed by atoms with Gasteiger partial charge < -0.3 is 15.5 Å².